The van der Waals surface area contributed by atoms with Crippen LogP contribution in [0.5, 0.6) is 0 Å². The molecule has 0 radical (unpaired) electrons. The lowest BCUT2D eigenvalue weighted by molar-refractivity contribution is -0.385. The Hall–Kier alpha value is -1.47. The standard InChI is InChI=1S/C13H22N4O3/c1-15(9-11-4-2-3-5-13(11)18)6-7-16-10-12(8-14-16)17(19)20/h8,10-11,13,18H,2-7,9H2,1H3. The number of aromatic nitrogens is 2. The zero-order chi connectivity index (χ0) is 14.5. The van der Waals surface area contributed by atoms with Crippen LogP contribution >= 0.6 is 0 Å². The SMILES string of the molecule is CN(CCn1cc([N+](=O)[O-])cn1)CC1CCCCC1O. The van der Waals surface area contributed by atoms with E-state index in [4.69, 9.17) is 0 Å². The fourth-order valence-corrected chi connectivity index (χ4v) is 2.74. The average Bonchev–Trinajstić information content (AvgIpc) is 2.88. The monoisotopic (exact) mass is 282 g/mol. The Labute approximate surface area is 118 Å². The summed E-state index contributed by atoms with van der Waals surface area (Å²) in [4.78, 5) is 12.3. The first-order valence-electron chi connectivity index (χ1n) is 7.09. The Balaban J connectivity index is 1.76. The molecule has 1 saturated carbocycles. The minimum absolute atomic E-state index is 0.0235. The van der Waals surface area contributed by atoms with Crippen molar-refractivity contribution in [3.63, 3.8) is 0 Å². The van der Waals surface area contributed by atoms with Crippen LogP contribution in [-0.2, 0) is 6.54 Å². The number of hydrogen-bond acceptors (Lipinski definition) is 5. The molecule has 20 heavy (non-hydrogen) atoms. The lowest BCUT2D eigenvalue weighted by Gasteiger charge is -2.31. The van der Waals surface area contributed by atoms with Crippen molar-refractivity contribution in [1.82, 2.24) is 14.7 Å². The van der Waals surface area contributed by atoms with Gasteiger partial charge in [-0.05, 0) is 25.8 Å². The Morgan fingerprint density at radius 3 is 2.95 bits per heavy atom. The highest BCUT2D eigenvalue weighted by atomic mass is 16.6. The second kappa shape index (κ2) is 6.81. The first-order chi connectivity index (χ1) is 9.56. The zero-order valence-corrected chi connectivity index (χ0v) is 11.8. The Bertz CT molecular complexity index is 449. The van der Waals surface area contributed by atoms with Crippen LogP contribution in [-0.4, -0.2) is 51.0 Å². The highest BCUT2D eigenvalue weighted by molar-refractivity contribution is 5.20. The zero-order valence-electron chi connectivity index (χ0n) is 11.8. The van der Waals surface area contributed by atoms with Crippen molar-refractivity contribution in [3.8, 4) is 0 Å². The molecule has 1 N–H and O–H groups in total. The molecule has 0 saturated heterocycles. The minimum Gasteiger partial charge on any atom is -0.393 e. The van der Waals surface area contributed by atoms with Crippen LogP contribution < -0.4 is 0 Å². The molecule has 0 spiro atoms. The number of hydrogen-bond donors (Lipinski definition) is 1. The third-order valence-electron chi connectivity index (χ3n) is 3.96. The smallest absolute Gasteiger partial charge is 0.306 e. The Morgan fingerprint density at radius 2 is 2.30 bits per heavy atom. The molecular weight excluding hydrogens is 260 g/mol. The molecule has 1 aliphatic carbocycles. The van der Waals surface area contributed by atoms with Gasteiger partial charge in [0.15, 0.2) is 0 Å². The summed E-state index contributed by atoms with van der Waals surface area (Å²) in [5.74, 6) is 0.348. The number of aliphatic hydroxyl groups excluding tert-OH is 1. The van der Waals surface area contributed by atoms with Gasteiger partial charge < -0.3 is 10.0 Å². The van der Waals surface area contributed by atoms with Gasteiger partial charge in [0.2, 0.25) is 0 Å². The molecule has 0 aromatic carbocycles. The molecule has 1 fully saturated rings. The summed E-state index contributed by atoms with van der Waals surface area (Å²) in [5.41, 5.74) is 0.0235. The van der Waals surface area contributed by atoms with Gasteiger partial charge in [0.1, 0.15) is 12.4 Å². The minimum atomic E-state index is -0.439. The van der Waals surface area contributed by atoms with E-state index in [1.807, 2.05) is 7.05 Å². The normalized spacial score (nSPS) is 23.1. The topological polar surface area (TPSA) is 84.4 Å². The molecule has 1 aromatic heterocycles. The van der Waals surface area contributed by atoms with Crippen molar-refractivity contribution in [2.75, 3.05) is 20.1 Å². The molecule has 7 nitrogen and oxygen atoms in total. The van der Waals surface area contributed by atoms with Gasteiger partial charge in [0.05, 0.1) is 17.6 Å². The lowest BCUT2D eigenvalue weighted by Crippen LogP contribution is -2.36. The molecule has 0 amide bonds. The van der Waals surface area contributed by atoms with Crippen LogP contribution in [0.3, 0.4) is 0 Å². The van der Waals surface area contributed by atoms with E-state index >= 15 is 0 Å². The summed E-state index contributed by atoms with van der Waals surface area (Å²) in [6.45, 7) is 2.25. The van der Waals surface area contributed by atoms with Gasteiger partial charge in [-0.25, -0.2) is 0 Å². The molecular formula is C13H22N4O3. The van der Waals surface area contributed by atoms with Crippen LogP contribution in [0, 0.1) is 16.0 Å². The average molecular weight is 282 g/mol. The van der Waals surface area contributed by atoms with Gasteiger partial charge in [0.25, 0.3) is 0 Å². The maximum Gasteiger partial charge on any atom is 0.306 e. The number of rotatable bonds is 6. The predicted octanol–water partition coefficient (Wildman–Crippen LogP) is 1.27. The van der Waals surface area contributed by atoms with Crippen LogP contribution in [0.4, 0.5) is 5.69 Å². The van der Waals surface area contributed by atoms with E-state index < -0.39 is 4.92 Å². The molecule has 2 unspecified atom stereocenters. The molecule has 1 aliphatic rings. The second-order valence-electron chi connectivity index (χ2n) is 5.59. The molecule has 7 heteroatoms. The van der Waals surface area contributed by atoms with Crippen LogP contribution in [0.2, 0.25) is 0 Å². The van der Waals surface area contributed by atoms with Crippen molar-refractivity contribution in [2.24, 2.45) is 5.92 Å². The van der Waals surface area contributed by atoms with Crippen LogP contribution in [0.1, 0.15) is 25.7 Å². The highest BCUT2D eigenvalue weighted by Gasteiger charge is 2.23. The van der Waals surface area contributed by atoms with Gasteiger partial charge in [-0.15, -0.1) is 0 Å². The number of aliphatic hydroxyl groups is 1. The van der Waals surface area contributed by atoms with Crippen LogP contribution in [0.25, 0.3) is 0 Å². The Morgan fingerprint density at radius 1 is 1.55 bits per heavy atom. The predicted molar refractivity (Wildman–Crippen MR) is 74.3 cm³/mol. The molecule has 1 heterocycles. The van der Waals surface area contributed by atoms with Crippen molar-refractivity contribution >= 4 is 5.69 Å². The van der Waals surface area contributed by atoms with E-state index in [1.54, 1.807) is 4.68 Å². The fraction of sp³-hybridized carbons (Fsp3) is 0.769. The third kappa shape index (κ3) is 4.01. The summed E-state index contributed by atoms with van der Waals surface area (Å²) in [5, 5.41) is 24.5. The van der Waals surface area contributed by atoms with Gasteiger partial charge in [-0.1, -0.05) is 12.8 Å². The van der Waals surface area contributed by atoms with Crippen molar-refractivity contribution < 1.29 is 10.0 Å². The van der Waals surface area contributed by atoms with E-state index in [-0.39, 0.29) is 11.8 Å². The molecule has 0 bridgehead atoms. The molecule has 0 aliphatic heterocycles. The fourth-order valence-electron chi connectivity index (χ4n) is 2.74. The molecule has 2 rings (SSSR count). The van der Waals surface area contributed by atoms with Crippen LogP contribution in [0.15, 0.2) is 12.4 Å². The highest BCUT2D eigenvalue weighted by Crippen LogP contribution is 2.24. The molecule has 1 aromatic rings. The van der Waals surface area contributed by atoms with Crippen molar-refractivity contribution in [2.45, 2.75) is 38.3 Å². The van der Waals surface area contributed by atoms with Gasteiger partial charge >= 0.3 is 5.69 Å². The van der Waals surface area contributed by atoms with Gasteiger partial charge in [0, 0.05) is 13.1 Å². The first kappa shape index (κ1) is 14.9. The molecule has 2 atom stereocenters. The van der Waals surface area contributed by atoms with Gasteiger partial charge in [-0.2, -0.15) is 5.10 Å². The van der Waals surface area contributed by atoms with E-state index in [1.165, 1.54) is 18.8 Å². The van der Waals surface area contributed by atoms with E-state index in [2.05, 4.69) is 10.00 Å². The lowest BCUT2D eigenvalue weighted by atomic mass is 9.86. The number of nitro groups is 1. The van der Waals surface area contributed by atoms with Crippen molar-refractivity contribution in [1.29, 1.82) is 0 Å². The summed E-state index contributed by atoms with van der Waals surface area (Å²) >= 11 is 0. The Kier molecular flexibility index (Phi) is 5.08. The summed E-state index contributed by atoms with van der Waals surface area (Å²) in [6.07, 6.45) is 6.84. The maximum absolute atomic E-state index is 10.6. The van der Waals surface area contributed by atoms with E-state index in [0.29, 0.717) is 12.5 Å². The summed E-state index contributed by atoms with van der Waals surface area (Å²) in [7, 11) is 2.01. The van der Waals surface area contributed by atoms with Crippen molar-refractivity contribution in [3.05, 3.63) is 22.5 Å². The van der Waals surface area contributed by atoms with Gasteiger partial charge in [-0.3, -0.25) is 14.8 Å². The third-order valence-corrected chi connectivity index (χ3v) is 3.96. The van der Waals surface area contributed by atoms with E-state index in [0.717, 1.165) is 32.4 Å². The molecule has 112 valence electrons. The largest absolute Gasteiger partial charge is 0.393 e. The maximum atomic E-state index is 10.6. The second-order valence-corrected chi connectivity index (χ2v) is 5.59. The summed E-state index contributed by atoms with van der Waals surface area (Å²) in [6, 6.07) is 0. The first-order valence-corrected chi connectivity index (χ1v) is 7.09. The summed E-state index contributed by atoms with van der Waals surface area (Å²) < 4.78 is 1.59. The number of nitrogens with zero attached hydrogens (tertiary/aromatic N) is 4. The number of likely N-dealkylation sites (N-methyl/N-ethyl adjacent to an activating group) is 1. The van der Waals surface area contributed by atoms with E-state index in [9.17, 15) is 15.2 Å². The quantitative estimate of drug-likeness (QED) is 0.627.